The fourth-order valence-electron chi connectivity index (χ4n) is 3.58. The fraction of sp³-hybridized carbons (Fsp3) is 0.167. The molecule has 0 atom stereocenters. The highest BCUT2D eigenvalue weighted by Crippen LogP contribution is 2.32. The summed E-state index contributed by atoms with van der Waals surface area (Å²) >= 11 is 0. The zero-order valence-electron chi connectivity index (χ0n) is 17.4. The molecule has 0 aliphatic carbocycles. The van der Waals surface area contributed by atoms with E-state index >= 15 is 0 Å². The summed E-state index contributed by atoms with van der Waals surface area (Å²) in [6.45, 7) is 1.71. The lowest BCUT2D eigenvalue weighted by Crippen LogP contribution is -2.29. The van der Waals surface area contributed by atoms with Crippen LogP contribution in [0.1, 0.15) is 21.5 Å². The maximum absolute atomic E-state index is 13.2. The third kappa shape index (κ3) is 4.36. The second-order valence-corrected chi connectivity index (χ2v) is 9.29. The average Bonchev–Trinajstić information content (AvgIpc) is 3.24. The normalized spacial score (nSPS) is 12.8. The van der Waals surface area contributed by atoms with E-state index in [1.165, 1.54) is 28.6 Å². The maximum Gasteiger partial charge on any atom is 0.338 e. The van der Waals surface area contributed by atoms with Gasteiger partial charge in [0.2, 0.25) is 0 Å². The monoisotopic (exact) mass is 450 g/mol. The van der Waals surface area contributed by atoms with Gasteiger partial charge in [0, 0.05) is 12.2 Å². The van der Waals surface area contributed by atoms with Crippen LogP contribution in [-0.4, -0.2) is 33.4 Å². The van der Waals surface area contributed by atoms with Gasteiger partial charge in [0.05, 0.1) is 16.1 Å². The summed E-state index contributed by atoms with van der Waals surface area (Å²) in [5.41, 5.74) is 3.18. The Bertz CT molecular complexity index is 1290. The number of carbonyl (C=O) groups is 2. The molecule has 0 radical (unpaired) electrons. The number of nitrogens with one attached hydrogen (secondary N) is 1. The van der Waals surface area contributed by atoms with Gasteiger partial charge in [-0.1, -0.05) is 42.5 Å². The van der Waals surface area contributed by atoms with Gasteiger partial charge in [0.15, 0.2) is 6.61 Å². The van der Waals surface area contributed by atoms with E-state index in [0.717, 1.165) is 11.1 Å². The van der Waals surface area contributed by atoms with E-state index in [1.54, 1.807) is 24.3 Å². The van der Waals surface area contributed by atoms with Gasteiger partial charge in [-0.2, -0.15) is 0 Å². The zero-order chi connectivity index (χ0) is 22.7. The number of nitrogens with zero attached hydrogens (tertiary/aromatic N) is 1. The first kappa shape index (κ1) is 21.6. The number of esters is 1. The van der Waals surface area contributed by atoms with Crippen LogP contribution in [0.15, 0.2) is 77.7 Å². The molecule has 164 valence electrons. The molecule has 1 amide bonds. The molecule has 1 heterocycles. The first-order chi connectivity index (χ1) is 15.4. The van der Waals surface area contributed by atoms with Crippen LogP contribution in [0, 0.1) is 6.92 Å². The first-order valence-corrected chi connectivity index (χ1v) is 11.5. The van der Waals surface area contributed by atoms with Crippen molar-refractivity contribution in [1.29, 1.82) is 0 Å². The van der Waals surface area contributed by atoms with Crippen LogP contribution in [0.3, 0.4) is 0 Å². The van der Waals surface area contributed by atoms with Crippen LogP contribution in [0.2, 0.25) is 0 Å². The number of anilines is 2. The molecule has 32 heavy (non-hydrogen) atoms. The molecule has 0 unspecified atom stereocenters. The van der Waals surface area contributed by atoms with Gasteiger partial charge in [-0.3, -0.25) is 9.10 Å². The number of carbonyl (C=O) groups excluding carboxylic acids is 2. The minimum absolute atomic E-state index is 0.00647. The summed E-state index contributed by atoms with van der Waals surface area (Å²) in [5, 5.41) is 2.68. The number of para-hydroxylation sites is 2. The van der Waals surface area contributed by atoms with Gasteiger partial charge >= 0.3 is 5.97 Å². The number of hydrogen-bond acceptors (Lipinski definition) is 5. The Labute approximate surface area is 186 Å². The smallest absolute Gasteiger partial charge is 0.338 e. The molecule has 7 nitrogen and oxygen atoms in total. The standard InChI is InChI=1S/C24H22N2O5S/c1-17-7-2-4-11-21(17)25-23(27)16-31-24(28)19-9-6-10-20(15-19)32(29,30)26-14-13-18-8-3-5-12-22(18)26/h2-12,15H,13-14,16H2,1H3,(H,25,27). The maximum atomic E-state index is 13.2. The first-order valence-electron chi connectivity index (χ1n) is 10.1. The van der Waals surface area contributed by atoms with Crippen molar-refractivity contribution in [3.63, 3.8) is 0 Å². The number of sulfonamides is 1. The van der Waals surface area contributed by atoms with Crippen LogP contribution in [0.5, 0.6) is 0 Å². The summed E-state index contributed by atoms with van der Waals surface area (Å²) in [5.74, 6) is -1.26. The molecule has 1 aliphatic heterocycles. The summed E-state index contributed by atoms with van der Waals surface area (Å²) in [6, 6.07) is 20.3. The van der Waals surface area contributed by atoms with E-state index in [1.807, 2.05) is 31.2 Å². The molecule has 1 N–H and O–H groups in total. The van der Waals surface area contributed by atoms with Gasteiger partial charge in [0.25, 0.3) is 15.9 Å². The van der Waals surface area contributed by atoms with E-state index in [4.69, 9.17) is 4.74 Å². The zero-order valence-corrected chi connectivity index (χ0v) is 18.3. The average molecular weight is 451 g/mol. The van der Waals surface area contributed by atoms with Crippen LogP contribution in [0.25, 0.3) is 0 Å². The van der Waals surface area contributed by atoms with Crippen molar-refractivity contribution in [2.75, 3.05) is 22.8 Å². The quantitative estimate of drug-likeness (QED) is 0.580. The molecule has 8 heteroatoms. The summed E-state index contributed by atoms with van der Waals surface area (Å²) < 4.78 is 32.8. The third-order valence-corrected chi connectivity index (χ3v) is 7.06. The molecule has 0 bridgehead atoms. The highest BCUT2D eigenvalue weighted by molar-refractivity contribution is 7.92. The lowest BCUT2D eigenvalue weighted by Gasteiger charge is -2.19. The minimum atomic E-state index is -3.84. The number of aryl methyl sites for hydroxylation is 1. The Morgan fingerprint density at radius 3 is 2.56 bits per heavy atom. The van der Waals surface area contributed by atoms with E-state index in [-0.39, 0.29) is 10.5 Å². The highest BCUT2D eigenvalue weighted by Gasteiger charge is 2.31. The molecule has 1 aliphatic rings. The van der Waals surface area contributed by atoms with Crippen molar-refractivity contribution in [1.82, 2.24) is 0 Å². The lowest BCUT2D eigenvalue weighted by atomic mass is 10.2. The molecule has 0 saturated carbocycles. The summed E-state index contributed by atoms with van der Waals surface area (Å²) in [7, 11) is -3.84. The van der Waals surface area contributed by atoms with Gasteiger partial charge in [0.1, 0.15) is 0 Å². The Morgan fingerprint density at radius 1 is 1.00 bits per heavy atom. The lowest BCUT2D eigenvalue weighted by molar-refractivity contribution is -0.119. The largest absolute Gasteiger partial charge is 0.452 e. The molecule has 3 aromatic rings. The van der Waals surface area contributed by atoms with Crippen LogP contribution in [0.4, 0.5) is 11.4 Å². The van der Waals surface area contributed by atoms with Crippen molar-refractivity contribution in [3.05, 3.63) is 89.5 Å². The highest BCUT2D eigenvalue weighted by atomic mass is 32.2. The van der Waals surface area contributed by atoms with E-state index in [0.29, 0.717) is 24.3 Å². The van der Waals surface area contributed by atoms with Gasteiger partial charge < -0.3 is 10.1 Å². The number of rotatable bonds is 6. The molecular formula is C24H22N2O5S. The Hall–Kier alpha value is -3.65. The summed E-state index contributed by atoms with van der Waals surface area (Å²) in [6.07, 6.45) is 0.632. The van der Waals surface area contributed by atoms with Gasteiger partial charge in [-0.15, -0.1) is 0 Å². The Balaban J connectivity index is 1.45. The van der Waals surface area contributed by atoms with E-state index in [9.17, 15) is 18.0 Å². The number of benzene rings is 3. The Morgan fingerprint density at radius 2 is 1.75 bits per heavy atom. The molecule has 0 saturated heterocycles. The second-order valence-electron chi connectivity index (χ2n) is 7.42. The molecule has 3 aromatic carbocycles. The van der Waals surface area contributed by atoms with Crippen molar-refractivity contribution < 1.29 is 22.7 Å². The van der Waals surface area contributed by atoms with Crippen molar-refractivity contribution in [2.24, 2.45) is 0 Å². The second kappa shape index (κ2) is 8.84. The third-order valence-electron chi connectivity index (χ3n) is 5.26. The van der Waals surface area contributed by atoms with Gasteiger partial charge in [-0.25, -0.2) is 13.2 Å². The number of hydrogen-bond donors (Lipinski definition) is 1. The fourth-order valence-corrected chi connectivity index (χ4v) is 5.13. The van der Waals surface area contributed by atoms with Crippen molar-refractivity contribution >= 4 is 33.3 Å². The summed E-state index contributed by atoms with van der Waals surface area (Å²) in [4.78, 5) is 24.6. The van der Waals surface area contributed by atoms with Crippen LogP contribution >= 0.6 is 0 Å². The molecule has 0 spiro atoms. The van der Waals surface area contributed by atoms with Crippen molar-refractivity contribution in [2.45, 2.75) is 18.2 Å². The number of ether oxygens (including phenoxy) is 1. The predicted molar refractivity (Wildman–Crippen MR) is 121 cm³/mol. The SMILES string of the molecule is Cc1ccccc1NC(=O)COC(=O)c1cccc(S(=O)(=O)N2CCc3ccccc32)c1. The Kier molecular flexibility index (Phi) is 5.96. The number of amides is 1. The molecule has 0 fully saturated rings. The van der Waals surface area contributed by atoms with Crippen molar-refractivity contribution in [3.8, 4) is 0 Å². The van der Waals surface area contributed by atoms with Gasteiger partial charge in [-0.05, 0) is 54.8 Å². The van der Waals surface area contributed by atoms with E-state index < -0.39 is 28.5 Å². The number of fused-ring (bicyclic) bond motifs is 1. The molecule has 0 aromatic heterocycles. The topological polar surface area (TPSA) is 92.8 Å². The minimum Gasteiger partial charge on any atom is -0.452 e. The van der Waals surface area contributed by atoms with Crippen LogP contribution < -0.4 is 9.62 Å². The predicted octanol–water partition coefficient (Wildman–Crippen LogP) is 3.54. The van der Waals surface area contributed by atoms with E-state index in [2.05, 4.69) is 5.32 Å². The molecule has 4 rings (SSSR count). The van der Waals surface area contributed by atoms with Crippen LogP contribution in [-0.2, 0) is 26.0 Å². The molecular weight excluding hydrogens is 428 g/mol.